The number of thioether (sulfide) groups is 1. The second-order valence-corrected chi connectivity index (χ2v) is 3.81. The molecule has 0 radical (unpaired) electrons. The van der Waals surface area contributed by atoms with E-state index in [0.717, 1.165) is 5.75 Å². The Labute approximate surface area is 104 Å². The monoisotopic (exact) mass is 207 g/mol. The van der Waals surface area contributed by atoms with Crippen LogP contribution in [0.2, 0.25) is 0 Å². The molecule has 0 bridgehead atoms. The van der Waals surface area contributed by atoms with E-state index in [2.05, 4.69) is 12.1 Å². The maximum absolute atomic E-state index is 5.33. The van der Waals surface area contributed by atoms with Crippen molar-refractivity contribution in [2.75, 3.05) is 0 Å². The van der Waals surface area contributed by atoms with Crippen LogP contribution < -0.4 is 5.73 Å². The van der Waals surface area contributed by atoms with Crippen molar-refractivity contribution in [2.45, 2.75) is 5.75 Å². The molecule has 4 heteroatoms. The zero-order chi connectivity index (χ0) is 8.10. The molecule has 0 fully saturated rings. The number of hydrogen-bond acceptors (Lipinski definition) is 2. The van der Waals surface area contributed by atoms with Crippen molar-refractivity contribution in [3.05, 3.63) is 35.9 Å². The molecule has 1 nitrogen and oxygen atoms in total. The van der Waals surface area contributed by atoms with Crippen LogP contribution in [0.25, 0.3) is 0 Å². The van der Waals surface area contributed by atoms with Crippen LogP contribution in [0.15, 0.2) is 30.3 Å². The van der Waals surface area contributed by atoms with Crippen molar-refractivity contribution < 1.29 is 0 Å². The van der Waals surface area contributed by atoms with Gasteiger partial charge in [-0.05, 0) is 5.56 Å². The van der Waals surface area contributed by atoms with Crippen molar-refractivity contribution in [1.82, 2.24) is 0 Å². The fourth-order valence-corrected chi connectivity index (χ4v) is 1.41. The Bertz CT molecular complexity index is 238. The van der Waals surface area contributed by atoms with Gasteiger partial charge in [0.25, 0.3) is 0 Å². The van der Waals surface area contributed by atoms with Crippen molar-refractivity contribution in [2.24, 2.45) is 5.73 Å². The number of rotatable bonds is 2. The molecule has 0 amide bonds. The van der Waals surface area contributed by atoms with Crippen LogP contribution in [-0.4, -0.2) is 33.9 Å². The first-order valence-corrected chi connectivity index (χ1v) is 4.64. The van der Waals surface area contributed by atoms with E-state index in [1.807, 2.05) is 18.2 Å². The fourth-order valence-electron chi connectivity index (χ4n) is 0.729. The Hall–Kier alpha value is 0.460. The third-order valence-electron chi connectivity index (χ3n) is 1.22. The van der Waals surface area contributed by atoms with Crippen molar-refractivity contribution in [3.8, 4) is 0 Å². The fraction of sp³-hybridized carbons (Fsp3) is 0.125. The summed E-state index contributed by atoms with van der Waals surface area (Å²) in [7, 11) is 0. The van der Waals surface area contributed by atoms with E-state index in [0.29, 0.717) is 4.32 Å². The standard InChI is InChI=1S/C8H9NS2.Na.H/c9-8(10)11-6-7-4-2-1-3-5-7;;/h1-5H,6H2,(H2,9,10);;. The Kier molecular flexibility index (Phi) is 7.19. The van der Waals surface area contributed by atoms with Crippen LogP contribution in [0.3, 0.4) is 0 Å². The summed E-state index contributed by atoms with van der Waals surface area (Å²) in [6.07, 6.45) is 0. The summed E-state index contributed by atoms with van der Waals surface area (Å²) in [5.41, 5.74) is 6.59. The SMILES string of the molecule is NC(=S)SCc1ccccc1.[NaH]. The second kappa shape index (κ2) is 6.92. The van der Waals surface area contributed by atoms with Crippen molar-refractivity contribution >= 4 is 57.9 Å². The van der Waals surface area contributed by atoms with Gasteiger partial charge in [0.05, 0.1) is 0 Å². The Morgan fingerprint density at radius 2 is 1.92 bits per heavy atom. The van der Waals surface area contributed by atoms with Gasteiger partial charge in [0.2, 0.25) is 0 Å². The molecule has 0 unspecified atom stereocenters. The third kappa shape index (κ3) is 5.17. The summed E-state index contributed by atoms with van der Waals surface area (Å²) >= 11 is 6.23. The quantitative estimate of drug-likeness (QED) is 0.588. The Balaban J connectivity index is 0.00000121. The minimum atomic E-state index is 0. The molecule has 2 N–H and O–H groups in total. The van der Waals surface area contributed by atoms with E-state index in [1.54, 1.807) is 0 Å². The van der Waals surface area contributed by atoms with Crippen molar-refractivity contribution in [1.29, 1.82) is 0 Å². The van der Waals surface area contributed by atoms with Gasteiger partial charge in [0.15, 0.2) is 0 Å². The average molecular weight is 207 g/mol. The number of nitrogens with two attached hydrogens (primary N) is 1. The zero-order valence-electron chi connectivity index (χ0n) is 5.99. The maximum atomic E-state index is 5.33. The zero-order valence-corrected chi connectivity index (χ0v) is 7.62. The number of hydrogen-bond donors (Lipinski definition) is 1. The molecule has 12 heavy (non-hydrogen) atoms. The molecular weight excluding hydrogens is 197 g/mol. The van der Waals surface area contributed by atoms with E-state index in [9.17, 15) is 0 Å². The third-order valence-corrected chi connectivity index (χ3v) is 2.34. The first kappa shape index (κ1) is 12.5. The minimum absolute atomic E-state index is 0. The number of benzene rings is 1. The van der Waals surface area contributed by atoms with Gasteiger partial charge in [-0.2, -0.15) is 0 Å². The number of thiocarbonyl (C=S) groups is 1. The summed E-state index contributed by atoms with van der Waals surface area (Å²) in [6.45, 7) is 0. The van der Waals surface area contributed by atoms with Gasteiger partial charge in [-0.15, -0.1) is 0 Å². The summed E-state index contributed by atoms with van der Waals surface area (Å²) in [5, 5.41) is 0. The normalized spacial score (nSPS) is 8.67. The van der Waals surface area contributed by atoms with Gasteiger partial charge in [-0.25, -0.2) is 0 Å². The Morgan fingerprint density at radius 3 is 2.42 bits per heavy atom. The molecule has 0 atom stereocenters. The summed E-state index contributed by atoms with van der Waals surface area (Å²) < 4.78 is 0.508. The average Bonchev–Trinajstić information content (AvgIpc) is 2.03. The van der Waals surface area contributed by atoms with E-state index < -0.39 is 0 Å². The molecule has 0 spiro atoms. The van der Waals surface area contributed by atoms with Gasteiger partial charge in [0.1, 0.15) is 4.32 Å². The van der Waals surface area contributed by atoms with Crippen LogP contribution in [0.1, 0.15) is 5.56 Å². The van der Waals surface area contributed by atoms with Gasteiger partial charge in [-0.3, -0.25) is 0 Å². The van der Waals surface area contributed by atoms with Crippen LogP contribution in [-0.2, 0) is 5.75 Å². The summed E-state index contributed by atoms with van der Waals surface area (Å²) in [5.74, 6) is 0.871. The molecule has 0 aromatic heterocycles. The molecule has 0 aliphatic rings. The predicted molar refractivity (Wildman–Crippen MR) is 61.7 cm³/mol. The van der Waals surface area contributed by atoms with Crippen molar-refractivity contribution in [3.63, 3.8) is 0 Å². The molecule has 0 aliphatic carbocycles. The van der Waals surface area contributed by atoms with E-state index in [-0.39, 0.29) is 29.6 Å². The van der Waals surface area contributed by atoms with Crippen LogP contribution >= 0.6 is 24.0 Å². The molecule has 0 saturated heterocycles. The molecular formula is C8H10NNaS2. The molecule has 0 saturated carbocycles. The van der Waals surface area contributed by atoms with E-state index in [4.69, 9.17) is 18.0 Å². The topological polar surface area (TPSA) is 26.0 Å². The molecule has 60 valence electrons. The van der Waals surface area contributed by atoms with Crippen LogP contribution in [0, 0.1) is 0 Å². The van der Waals surface area contributed by atoms with Gasteiger partial charge in [-0.1, -0.05) is 54.3 Å². The predicted octanol–water partition coefficient (Wildman–Crippen LogP) is 1.51. The molecule has 1 aromatic carbocycles. The van der Waals surface area contributed by atoms with Crippen LogP contribution in [0.4, 0.5) is 0 Å². The van der Waals surface area contributed by atoms with E-state index in [1.165, 1.54) is 17.3 Å². The first-order chi connectivity index (χ1) is 5.29. The molecule has 1 aromatic rings. The first-order valence-electron chi connectivity index (χ1n) is 3.25. The van der Waals surface area contributed by atoms with Gasteiger partial charge < -0.3 is 5.73 Å². The van der Waals surface area contributed by atoms with E-state index >= 15 is 0 Å². The summed E-state index contributed by atoms with van der Waals surface area (Å²) in [4.78, 5) is 0. The summed E-state index contributed by atoms with van der Waals surface area (Å²) in [6, 6.07) is 10.1. The second-order valence-electron chi connectivity index (χ2n) is 2.09. The molecule has 1 rings (SSSR count). The molecule has 0 aliphatic heterocycles. The Morgan fingerprint density at radius 1 is 1.33 bits per heavy atom. The van der Waals surface area contributed by atoms with Crippen LogP contribution in [0.5, 0.6) is 0 Å². The van der Waals surface area contributed by atoms with Gasteiger partial charge in [0, 0.05) is 5.75 Å². The molecule has 0 heterocycles. The van der Waals surface area contributed by atoms with Gasteiger partial charge >= 0.3 is 29.6 Å².